The summed E-state index contributed by atoms with van der Waals surface area (Å²) in [6, 6.07) is 8.46. The van der Waals surface area contributed by atoms with Crippen LogP contribution in [0.1, 0.15) is 45.4 Å². The zero-order chi connectivity index (χ0) is 14.9. The fourth-order valence-corrected chi connectivity index (χ4v) is 2.51. The van der Waals surface area contributed by atoms with Gasteiger partial charge in [-0.1, -0.05) is 38.3 Å². The molecule has 0 unspecified atom stereocenters. The topological polar surface area (TPSA) is 41.5 Å². The molecule has 3 heteroatoms. The van der Waals surface area contributed by atoms with Crippen molar-refractivity contribution in [2.45, 2.75) is 57.6 Å². The number of benzene rings is 1. The van der Waals surface area contributed by atoms with Crippen LogP contribution in [0.25, 0.3) is 0 Å². The summed E-state index contributed by atoms with van der Waals surface area (Å²) in [6.07, 6.45) is 10.4. The fourth-order valence-electron chi connectivity index (χ4n) is 2.51. The quantitative estimate of drug-likeness (QED) is 0.558. The summed E-state index contributed by atoms with van der Waals surface area (Å²) >= 11 is 0. The van der Waals surface area contributed by atoms with Crippen LogP contribution in [0.4, 0.5) is 5.69 Å². The first kappa shape index (κ1) is 15.9. The van der Waals surface area contributed by atoms with E-state index >= 15 is 0 Å². The Hall–Kier alpha value is -1.48. The Morgan fingerprint density at radius 1 is 1.10 bits per heavy atom. The zero-order valence-corrected chi connectivity index (χ0v) is 12.9. The van der Waals surface area contributed by atoms with Crippen LogP contribution in [0.5, 0.6) is 5.75 Å². The molecule has 2 N–H and O–H groups in total. The molecule has 0 fully saturated rings. The van der Waals surface area contributed by atoms with E-state index in [1.165, 1.54) is 19.3 Å². The third kappa shape index (κ3) is 5.80. The molecule has 116 valence electrons. The number of unbranched alkanes of at least 4 members (excludes halogenated alkanes) is 3. The van der Waals surface area contributed by atoms with Crippen molar-refractivity contribution < 1.29 is 9.84 Å². The highest BCUT2D eigenvalue weighted by atomic mass is 16.5. The second-order valence-corrected chi connectivity index (χ2v) is 5.71. The van der Waals surface area contributed by atoms with Gasteiger partial charge in [-0.2, -0.15) is 0 Å². The Morgan fingerprint density at radius 3 is 2.57 bits per heavy atom. The number of nitrogens with one attached hydrogen (secondary N) is 1. The first-order valence-corrected chi connectivity index (χ1v) is 8.13. The Morgan fingerprint density at radius 2 is 1.90 bits per heavy atom. The van der Waals surface area contributed by atoms with Gasteiger partial charge in [0.05, 0.1) is 12.7 Å². The van der Waals surface area contributed by atoms with Crippen LogP contribution in [-0.4, -0.2) is 23.9 Å². The zero-order valence-electron chi connectivity index (χ0n) is 12.9. The van der Waals surface area contributed by atoms with Crippen molar-refractivity contribution in [3.8, 4) is 5.75 Å². The summed E-state index contributed by atoms with van der Waals surface area (Å²) in [7, 11) is 0. The van der Waals surface area contributed by atoms with E-state index in [0.29, 0.717) is 6.04 Å². The Labute approximate surface area is 128 Å². The van der Waals surface area contributed by atoms with E-state index in [1.807, 2.05) is 24.3 Å². The first-order valence-electron chi connectivity index (χ1n) is 8.13. The standard InChI is InChI=1S/C18H27NO2/c1-2-3-4-5-14-21-18-12-8-16(9-13-18)19-15-6-10-17(20)11-7-15/h6,8-10,12-13,15,17,19-20H,2-5,7,11,14H2,1H3/t15-,17+/m1/s1. The molecule has 0 amide bonds. The van der Waals surface area contributed by atoms with Gasteiger partial charge in [-0.05, 0) is 43.5 Å². The molecule has 0 bridgehead atoms. The smallest absolute Gasteiger partial charge is 0.119 e. The van der Waals surface area contributed by atoms with E-state index in [4.69, 9.17) is 4.74 Å². The molecule has 0 radical (unpaired) electrons. The molecule has 0 heterocycles. The summed E-state index contributed by atoms with van der Waals surface area (Å²) in [5, 5.41) is 12.9. The van der Waals surface area contributed by atoms with Crippen molar-refractivity contribution in [2.24, 2.45) is 0 Å². The normalized spacial score (nSPS) is 21.2. The van der Waals surface area contributed by atoms with Crippen LogP contribution in [0, 0.1) is 0 Å². The van der Waals surface area contributed by atoms with Gasteiger partial charge in [-0.3, -0.25) is 0 Å². The van der Waals surface area contributed by atoms with Gasteiger partial charge in [0.1, 0.15) is 5.75 Å². The molecule has 1 aliphatic carbocycles. The lowest BCUT2D eigenvalue weighted by Crippen LogP contribution is -2.23. The summed E-state index contributed by atoms with van der Waals surface area (Å²) in [4.78, 5) is 0. The van der Waals surface area contributed by atoms with Crippen molar-refractivity contribution in [3.05, 3.63) is 36.4 Å². The van der Waals surface area contributed by atoms with Crippen LogP contribution in [0.15, 0.2) is 36.4 Å². The van der Waals surface area contributed by atoms with Gasteiger partial charge < -0.3 is 15.2 Å². The lowest BCUT2D eigenvalue weighted by Gasteiger charge is -2.21. The molecule has 21 heavy (non-hydrogen) atoms. The largest absolute Gasteiger partial charge is 0.494 e. The lowest BCUT2D eigenvalue weighted by molar-refractivity contribution is 0.202. The summed E-state index contributed by atoms with van der Waals surface area (Å²) < 4.78 is 5.74. The molecular weight excluding hydrogens is 262 g/mol. The maximum absolute atomic E-state index is 9.43. The third-order valence-electron chi connectivity index (χ3n) is 3.81. The average molecular weight is 289 g/mol. The van der Waals surface area contributed by atoms with Crippen LogP contribution in [0.3, 0.4) is 0 Å². The Kier molecular flexibility index (Phi) is 6.61. The van der Waals surface area contributed by atoms with Gasteiger partial charge in [0.2, 0.25) is 0 Å². The van der Waals surface area contributed by atoms with Gasteiger partial charge in [0.15, 0.2) is 0 Å². The molecular formula is C18H27NO2. The van der Waals surface area contributed by atoms with Crippen LogP contribution >= 0.6 is 0 Å². The number of hydrogen-bond acceptors (Lipinski definition) is 3. The SMILES string of the molecule is CCCCCCOc1ccc(N[C@@H]2C=C[C@H](O)CC2)cc1. The van der Waals surface area contributed by atoms with Gasteiger partial charge in [0, 0.05) is 11.7 Å². The van der Waals surface area contributed by atoms with Gasteiger partial charge in [-0.25, -0.2) is 0 Å². The maximum atomic E-state index is 9.43. The highest BCUT2D eigenvalue weighted by Gasteiger charge is 2.13. The van der Waals surface area contributed by atoms with Crippen LogP contribution in [0.2, 0.25) is 0 Å². The van der Waals surface area contributed by atoms with E-state index in [-0.39, 0.29) is 6.10 Å². The average Bonchev–Trinajstić information content (AvgIpc) is 2.51. The Balaban J connectivity index is 1.73. The van der Waals surface area contributed by atoms with E-state index in [1.54, 1.807) is 0 Å². The fraction of sp³-hybridized carbons (Fsp3) is 0.556. The molecule has 0 aliphatic heterocycles. The summed E-state index contributed by atoms with van der Waals surface area (Å²) in [6.45, 7) is 3.02. The molecule has 0 aromatic heterocycles. The van der Waals surface area contributed by atoms with Crippen molar-refractivity contribution in [3.63, 3.8) is 0 Å². The molecule has 0 saturated carbocycles. The summed E-state index contributed by atoms with van der Waals surface area (Å²) in [5.74, 6) is 0.937. The summed E-state index contributed by atoms with van der Waals surface area (Å²) in [5.41, 5.74) is 1.10. The molecule has 1 aliphatic rings. The molecule has 2 rings (SSSR count). The third-order valence-corrected chi connectivity index (χ3v) is 3.81. The van der Waals surface area contributed by atoms with Crippen molar-refractivity contribution in [1.82, 2.24) is 0 Å². The predicted octanol–water partition coefficient (Wildman–Crippen LogP) is 4.14. The lowest BCUT2D eigenvalue weighted by atomic mass is 10.0. The maximum Gasteiger partial charge on any atom is 0.119 e. The second kappa shape index (κ2) is 8.73. The van der Waals surface area contributed by atoms with Gasteiger partial charge >= 0.3 is 0 Å². The molecule has 1 aromatic carbocycles. The minimum absolute atomic E-state index is 0.272. The van der Waals surface area contributed by atoms with Crippen LogP contribution < -0.4 is 10.1 Å². The number of aliphatic hydroxyl groups excluding tert-OH is 1. The van der Waals surface area contributed by atoms with Crippen LogP contribution in [-0.2, 0) is 0 Å². The number of ether oxygens (including phenoxy) is 1. The molecule has 1 aromatic rings. The molecule has 0 spiro atoms. The first-order chi connectivity index (χ1) is 10.3. The highest BCUT2D eigenvalue weighted by molar-refractivity contribution is 5.48. The van der Waals surface area contributed by atoms with Gasteiger partial charge in [0.25, 0.3) is 0 Å². The second-order valence-electron chi connectivity index (χ2n) is 5.71. The van der Waals surface area contributed by atoms with E-state index in [2.05, 4.69) is 24.4 Å². The number of hydrogen-bond donors (Lipinski definition) is 2. The highest BCUT2D eigenvalue weighted by Crippen LogP contribution is 2.20. The van der Waals surface area contributed by atoms with Crippen molar-refractivity contribution in [2.75, 3.05) is 11.9 Å². The number of rotatable bonds is 8. The van der Waals surface area contributed by atoms with Crippen molar-refractivity contribution >= 4 is 5.69 Å². The van der Waals surface area contributed by atoms with E-state index < -0.39 is 0 Å². The molecule has 2 atom stereocenters. The molecule has 3 nitrogen and oxygen atoms in total. The predicted molar refractivity (Wildman–Crippen MR) is 87.9 cm³/mol. The monoisotopic (exact) mass is 289 g/mol. The number of anilines is 1. The van der Waals surface area contributed by atoms with Gasteiger partial charge in [-0.15, -0.1) is 0 Å². The minimum Gasteiger partial charge on any atom is -0.494 e. The Bertz CT molecular complexity index is 427. The molecule has 0 saturated heterocycles. The number of aliphatic hydroxyl groups is 1. The minimum atomic E-state index is -0.272. The van der Waals surface area contributed by atoms with E-state index in [9.17, 15) is 5.11 Å². The van der Waals surface area contributed by atoms with E-state index in [0.717, 1.165) is 37.3 Å². The van der Waals surface area contributed by atoms with Crippen molar-refractivity contribution in [1.29, 1.82) is 0 Å².